The van der Waals surface area contributed by atoms with Crippen LogP contribution in [0, 0.1) is 0 Å². The van der Waals surface area contributed by atoms with Gasteiger partial charge in [-0.05, 0) is 51.1 Å². The van der Waals surface area contributed by atoms with Crippen molar-refractivity contribution in [2.24, 2.45) is 0 Å². The highest BCUT2D eigenvalue weighted by Crippen LogP contribution is 2.45. The molecule has 3 aliphatic rings. The van der Waals surface area contributed by atoms with E-state index in [1.54, 1.807) is 37.1 Å². The highest BCUT2D eigenvalue weighted by atomic mass is 35.5. The molecule has 41 heavy (non-hydrogen) atoms. The van der Waals surface area contributed by atoms with E-state index in [1.807, 2.05) is 16.7 Å². The van der Waals surface area contributed by atoms with Crippen molar-refractivity contribution in [3.8, 4) is 0 Å². The van der Waals surface area contributed by atoms with Crippen molar-refractivity contribution in [3.05, 3.63) is 29.3 Å². The van der Waals surface area contributed by atoms with E-state index in [9.17, 15) is 23.1 Å². The number of halogens is 1. The number of aromatic nitrogens is 1. The minimum atomic E-state index is -4.07. The van der Waals surface area contributed by atoms with Crippen LogP contribution in [0.4, 0.5) is 0 Å². The zero-order valence-electron chi connectivity index (χ0n) is 23.6. The van der Waals surface area contributed by atoms with Gasteiger partial charge in [-0.25, -0.2) is 13.3 Å². The number of aliphatic hydroxyl groups excluding tert-OH is 1. The van der Waals surface area contributed by atoms with E-state index in [0.29, 0.717) is 54.8 Å². The number of aliphatic hydroxyl groups is 1. The van der Waals surface area contributed by atoms with Crippen molar-refractivity contribution in [1.82, 2.24) is 24.0 Å². The molecule has 0 radical (unpaired) electrons. The van der Waals surface area contributed by atoms with Crippen LogP contribution in [0.3, 0.4) is 0 Å². The molecule has 1 aromatic heterocycles. The minimum absolute atomic E-state index is 0.00968. The van der Waals surface area contributed by atoms with Crippen LogP contribution in [0.25, 0.3) is 10.9 Å². The number of H-pyrrole nitrogens is 1. The zero-order valence-corrected chi connectivity index (χ0v) is 25.2. The molecule has 0 aliphatic carbocycles. The Morgan fingerprint density at radius 2 is 1.95 bits per heavy atom. The molecule has 1 spiro atoms. The number of benzene rings is 1. The molecule has 0 bridgehead atoms. The van der Waals surface area contributed by atoms with Gasteiger partial charge >= 0.3 is 5.97 Å². The van der Waals surface area contributed by atoms with Gasteiger partial charge in [0.15, 0.2) is 5.72 Å². The van der Waals surface area contributed by atoms with E-state index in [2.05, 4.69) is 4.98 Å². The molecular formula is C27H38ClN5O7S. The second kappa shape index (κ2) is 11.4. The van der Waals surface area contributed by atoms with Gasteiger partial charge in [-0.2, -0.15) is 4.31 Å². The second-order valence-corrected chi connectivity index (χ2v) is 13.6. The number of carbonyl (C=O) groups excluding carboxylic acids is 2. The molecule has 3 fully saturated rings. The fourth-order valence-electron chi connectivity index (χ4n) is 6.33. The van der Waals surface area contributed by atoms with Crippen LogP contribution in [0.15, 0.2) is 29.3 Å². The predicted octanol–water partition coefficient (Wildman–Crippen LogP) is 1.44. The van der Waals surface area contributed by atoms with Gasteiger partial charge in [-0.15, -0.1) is 0 Å². The Morgan fingerprint density at radius 1 is 1.22 bits per heavy atom. The molecule has 3 saturated heterocycles. The number of β-amino-alcohol motifs (C(OH)–C–C–N with tert-alkyl or cyclic N) is 1. The zero-order chi connectivity index (χ0) is 29.6. The number of esters is 1. The molecule has 1 amide bonds. The number of amides is 1. The van der Waals surface area contributed by atoms with Crippen LogP contribution in [0.2, 0.25) is 5.02 Å². The summed E-state index contributed by atoms with van der Waals surface area (Å²) >= 11 is 6.11. The van der Waals surface area contributed by atoms with Crippen molar-refractivity contribution in [2.75, 3.05) is 59.5 Å². The van der Waals surface area contributed by atoms with Gasteiger partial charge in [0.2, 0.25) is 5.91 Å². The molecule has 226 valence electrons. The smallest absolute Gasteiger partial charge is 0.320 e. The fourth-order valence-corrected chi connectivity index (χ4v) is 8.01. The van der Waals surface area contributed by atoms with E-state index in [-0.39, 0.29) is 43.7 Å². The number of likely N-dealkylation sites (N-methyl/N-ethyl adjacent to an activating group) is 1. The summed E-state index contributed by atoms with van der Waals surface area (Å²) in [5.41, 5.74) is -1.29. The molecule has 1 unspecified atom stereocenters. The minimum Gasteiger partial charge on any atom is -0.465 e. The number of rotatable bonds is 8. The third-order valence-corrected chi connectivity index (χ3v) is 10.2. The Hall–Kier alpha value is -2.26. The van der Waals surface area contributed by atoms with Gasteiger partial charge in [0, 0.05) is 48.5 Å². The number of hydrogen-bond acceptors (Lipinski definition) is 9. The number of piperazine rings is 1. The lowest BCUT2D eigenvalue weighted by Gasteiger charge is -2.48. The number of ether oxygens (including phenoxy) is 2. The Labute approximate surface area is 245 Å². The molecule has 2 atom stereocenters. The summed E-state index contributed by atoms with van der Waals surface area (Å²) in [6, 6.07) is 6.62. The number of aromatic amines is 1. The molecule has 1 aromatic carbocycles. The molecular weight excluding hydrogens is 574 g/mol. The summed E-state index contributed by atoms with van der Waals surface area (Å²) in [5.74, 6) is -0.328. The first-order chi connectivity index (χ1) is 19.4. The third kappa shape index (κ3) is 5.85. The summed E-state index contributed by atoms with van der Waals surface area (Å²) in [4.78, 5) is 32.9. The molecule has 14 heteroatoms. The quantitative estimate of drug-likeness (QED) is 0.425. The first-order valence-electron chi connectivity index (χ1n) is 14.0. The number of carbonyl (C=O) groups is 2. The maximum atomic E-state index is 13.9. The maximum absolute atomic E-state index is 13.9. The fraction of sp³-hybridized carbons (Fsp3) is 0.630. The molecule has 2 aromatic rings. The third-order valence-electron chi connectivity index (χ3n) is 8.27. The lowest BCUT2D eigenvalue weighted by Crippen LogP contribution is -2.68. The number of nitrogens with zero attached hydrogens (tertiary/aromatic N) is 4. The Morgan fingerprint density at radius 3 is 2.63 bits per heavy atom. The van der Waals surface area contributed by atoms with Gasteiger partial charge in [0.1, 0.15) is 11.3 Å². The van der Waals surface area contributed by atoms with Crippen molar-refractivity contribution < 1.29 is 32.6 Å². The monoisotopic (exact) mass is 611 g/mol. The number of piperidine rings is 1. The summed E-state index contributed by atoms with van der Waals surface area (Å²) in [6.45, 7) is 5.15. The van der Waals surface area contributed by atoms with E-state index in [0.717, 1.165) is 0 Å². The standard InChI is InChI=1S/C27H38ClN5O7S/c1-4-23(34)31-10-8-26(9-11-31)16-33-24(35)14-32(18-27(33,40-26)17-30(3)15-25(36)39-5-2)41(37,38)22-13-19-12-20(28)6-7-21(19)29-22/h6-7,12-13,24,29,35H,4-5,8-11,14-18H2,1-3H3/t24-,27?/m1/s1. The number of likely N-dealkylation sites (tertiary alicyclic amines) is 1. The summed E-state index contributed by atoms with van der Waals surface area (Å²) < 4.78 is 41.1. The summed E-state index contributed by atoms with van der Waals surface area (Å²) in [6.07, 6.45) is 0.387. The molecule has 0 saturated carbocycles. The van der Waals surface area contributed by atoms with Gasteiger partial charge < -0.3 is 24.5 Å². The van der Waals surface area contributed by atoms with Crippen LogP contribution < -0.4 is 0 Å². The van der Waals surface area contributed by atoms with Crippen molar-refractivity contribution in [1.29, 1.82) is 0 Å². The Balaban J connectivity index is 1.45. The summed E-state index contributed by atoms with van der Waals surface area (Å²) in [7, 11) is -2.34. The highest BCUT2D eigenvalue weighted by Gasteiger charge is 2.61. The first kappa shape index (κ1) is 30.2. The lowest BCUT2D eigenvalue weighted by molar-refractivity contribution is -0.213. The largest absolute Gasteiger partial charge is 0.465 e. The van der Waals surface area contributed by atoms with Crippen LogP contribution in [0.1, 0.15) is 33.1 Å². The normalized spacial score (nSPS) is 25.2. The number of hydrogen-bond donors (Lipinski definition) is 2. The van der Waals surface area contributed by atoms with Crippen molar-refractivity contribution in [2.45, 2.75) is 55.7 Å². The Bertz CT molecular complexity index is 1410. The number of sulfonamides is 1. The van der Waals surface area contributed by atoms with E-state index >= 15 is 0 Å². The van der Waals surface area contributed by atoms with Gasteiger partial charge in [0.25, 0.3) is 10.0 Å². The van der Waals surface area contributed by atoms with Crippen LogP contribution in [0.5, 0.6) is 0 Å². The molecule has 2 N–H and O–H groups in total. The van der Waals surface area contributed by atoms with Gasteiger partial charge in [-0.1, -0.05) is 18.5 Å². The van der Waals surface area contributed by atoms with Crippen LogP contribution in [-0.2, 0) is 29.1 Å². The first-order valence-corrected chi connectivity index (χ1v) is 15.8. The summed E-state index contributed by atoms with van der Waals surface area (Å²) in [5, 5.41) is 12.5. The molecule has 12 nitrogen and oxygen atoms in total. The van der Waals surface area contributed by atoms with E-state index in [1.165, 1.54) is 10.4 Å². The second-order valence-electron chi connectivity index (χ2n) is 11.2. The van der Waals surface area contributed by atoms with Crippen LogP contribution >= 0.6 is 11.6 Å². The highest BCUT2D eigenvalue weighted by molar-refractivity contribution is 7.89. The van der Waals surface area contributed by atoms with E-state index < -0.39 is 33.5 Å². The van der Waals surface area contributed by atoms with Crippen molar-refractivity contribution in [3.63, 3.8) is 0 Å². The van der Waals surface area contributed by atoms with E-state index in [4.69, 9.17) is 21.1 Å². The van der Waals surface area contributed by atoms with Gasteiger partial charge in [0.05, 0.1) is 31.8 Å². The average Bonchev–Trinajstić information content (AvgIpc) is 3.48. The predicted molar refractivity (Wildman–Crippen MR) is 152 cm³/mol. The Kier molecular flexibility index (Phi) is 8.43. The van der Waals surface area contributed by atoms with Gasteiger partial charge in [-0.3, -0.25) is 14.5 Å². The molecule has 5 rings (SSSR count). The number of nitrogens with one attached hydrogen (secondary N) is 1. The lowest BCUT2D eigenvalue weighted by atomic mass is 9.91. The molecule has 3 aliphatic heterocycles. The van der Waals surface area contributed by atoms with Crippen molar-refractivity contribution >= 4 is 44.4 Å². The van der Waals surface area contributed by atoms with Crippen LogP contribution in [-0.4, -0.2) is 126 Å². The molecule has 4 heterocycles. The maximum Gasteiger partial charge on any atom is 0.320 e. The average molecular weight is 612 g/mol. The number of fused-ring (bicyclic) bond motifs is 2. The SMILES string of the molecule is CCOC(=O)CN(C)CC12CN(S(=O)(=O)c3cc4cc(Cl)ccc4[nH]3)C[C@@H](O)N1CC1(CCN(C(=O)CC)CC1)O2. The topological polar surface area (TPSA) is 136 Å².